The molecule has 0 bridgehead atoms. The van der Waals surface area contributed by atoms with E-state index in [4.69, 9.17) is 9.47 Å². The third-order valence-electron chi connectivity index (χ3n) is 4.98. The second kappa shape index (κ2) is 9.29. The average Bonchev–Trinajstić information content (AvgIpc) is 3.15. The molecular formula is C19H29N3O3. The Hall–Kier alpha value is -1.47. The van der Waals surface area contributed by atoms with Crippen LogP contribution in [0.5, 0.6) is 0 Å². The van der Waals surface area contributed by atoms with Gasteiger partial charge in [0.2, 0.25) is 5.91 Å². The molecule has 0 radical (unpaired) electrons. The van der Waals surface area contributed by atoms with Crippen molar-refractivity contribution in [1.29, 1.82) is 0 Å². The first kappa shape index (κ1) is 18.3. The van der Waals surface area contributed by atoms with E-state index in [0.717, 1.165) is 64.7 Å². The first-order valence-corrected chi connectivity index (χ1v) is 9.19. The number of carbonyl (C=O) groups is 1. The zero-order chi connectivity index (χ0) is 17.5. The standard InChI is InChI=1S/C19H29N3O3/c1-15(23)21-18-4-2-16(3-5-18)12-20-13-19(17-6-9-25-14-17)22-7-10-24-11-8-22/h2-5,17,19-20H,6-14H2,1H3,(H,21,23)/t17-,19+/m0/s1. The van der Waals surface area contributed by atoms with Crippen molar-refractivity contribution in [3.05, 3.63) is 29.8 Å². The highest BCUT2D eigenvalue weighted by atomic mass is 16.5. The predicted octanol–water partition coefficient (Wildman–Crippen LogP) is 1.47. The van der Waals surface area contributed by atoms with Crippen molar-refractivity contribution in [3.63, 3.8) is 0 Å². The number of ether oxygens (including phenoxy) is 2. The van der Waals surface area contributed by atoms with Gasteiger partial charge in [0.25, 0.3) is 0 Å². The Morgan fingerprint density at radius 1 is 1.20 bits per heavy atom. The summed E-state index contributed by atoms with van der Waals surface area (Å²) in [7, 11) is 0. The van der Waals surface area contributed by atoms with Crippen LogP contribution in [-0.4, -0.2) is 62.9 Å². The summed E-state index contributed by atoms with van der Waals surface area (Å²) in [6.45, 7) is 8.74. The Labute approximate surface area is 149 Å². The van der Waals surface area contributed by atoms with E-state index in [9.17, 15) is 4.79 Å². The lowest BCUT2D eigenvalue weighted by Crippen LogP contribution is -2.51. The molecule has 0 saturated carbocycles. The van der Waals surface area contributed by atoms with Crippen molar-refractivity contribution in [2.45, 2.75) is 25.9 Å². The van der Waals surface area contributed by atoms with E-state index < -0.39 is 0 Å². The molecular weight excluding hydrogens is 318 g/mol. The molecule has 2 fully saturated rings. The smallest absolute Gasteiger partial charge is 0.221 e. The van der Waals surface area contributed by atoms with Crippen LogP contribution >= 0.6 is 0 Å². The molecule has 6 heteroatoms. The van der Waals surface area contributed by atoms with Crippen LogP contribution in [0.3, 0.4) is 0 Å². The van der Waals surface area contributed by atoms with Crippen LogP contribution in [0, 0.1) is 5.92 Å². The Balaban J connectivity index is 1.51. The van der Waals surface area contributed by atoms with E-state index in [1.807, 2.05) is 12.1 Å². The highest BCUT2D eigenvalue weighted by Crippen LogP contribution is 2.22. The average molecular weight is 347 g/mol. The van der Waals surface area contributed by atoms with Crippen LogP contribution in [-0.2, 0) is 20.8 Å². The van der Waals surface area contributed by atoms with Crippen LogP contribution in [0.15, 0.2) is 24.3 Å². The van der Waals surface area contributed by atoms with Crippen LogP contribution in [0.1, 0.15) is 18.9 Å². The molecule has 1 aromatic rings. The molecule has 3 rings (SSSR count). The SMILES string of the molecule is CC(=O)Nc1ccc(CNC[C@H]([C@H]2CCOC2)N2CCOCC2)cc1. The monoisotopic (exact) mass is 347 g/mol. The third-order valence-corrected chi connectivity index (χ3v) is 4.98. The first-order valence-electron chi connectivity index (χ1n) is 9.19. The highest BCUT2D eigenvalue weighted by molar-refractivity contribution is 5.88. The van der Waals surface area contributed by atoms with Crippen molar-refractivity contribution in [2.24, 2.45) is 5.92 Å². The molecule has 2 saturated heterocycles. The van der Waals surface area contributed by atoms with Gasteiger partial charge in [0.15, 0.2) is 0 Å². The lowest BCUT2D eigenvalue weighted by Gasteiger charge is -2.37. The molecule has 6 nitrogen and oxygen atoms in total. The predicted molar refractivity (Wildman–Crippen MR) is 97.6 cm³/mol. The lowest BCUT2D eigenvalue weighted by atomic mass is 9.96. The van der Waals surface area contributed by atoms with Crippen molar-refractivity contribution in [2.75, 3.05) is 51.4 Å². The Morgan fingerprint density at radius 2 is 1.96 bits per heavy atom. The number of amides is 1. The zero-order valence-corrected chi connectivity index (χ0v) is 15.0. The fourth-order valence-corrected chi connectivity index (χ4v) is 3.63. The van der Waals surface area contributed by atoms with Gasteiger partial charge >= 0.3 is 0 Å². The normalized spacial score (nSPS) is 22.7. The number of morpholine rings is 1. The Bertz CT molecular complexity index is 537. The van der Waals surface area contributed by atoms with Crippen LogP contribution < -0.4 is 10.6 Å². The molecule has 2 aliphatic heterocycles. The van der Waals surface area contributed by atoms with Crippen molar-refractivity contribution < 1.29 is 14.3 Å². The maximum absolute atomic E-state index is 11.1. The summed E-state index contributed by atoms with van der Waals surface area (Å²) < 4.78 is 11.1. The van der Waals surface area contributed by atoms with E-state index in [-0.39, 0.29) is 5.91 Å². The van der Waals surface area contributed by atoms with Crippen molar-refractivity contribution in [3.8, 4) is 0 Å². The molecule has 2 aliphatic rings. The van der Waals surface area contributed by atoms with Crippen molar-refractivity contribution in [1.82, 2.24) is 10.2 Å². The third kappa shape index (κ3) is 5.51. The highest BCUT2D eigenvalue weighted by Gasteiger charge is 2.31. The van der Waals surface area contributed by atoms with Gasteiger partial charge < -0.3 is 20.1 Å². The number of nitrogens with one attached hydrogen (secondary N) is 2. The van der Waals surface area contributed by atoms with Gasteiger partial charge in [-0.25, -0.2) is 0 Å². The number of hydrogen-bond donors (Lipinski definition) is 2. The fraction of sp³-hybridized carbons (Fsp3) is 0.632. The van der Waals surface area contributed by atoms with E-state index in [2.05, 4.69) is 27.7 Å². The van der Waals surface area contributed by atoms with Crippen LogP contribution in [0.25, 0.3) is 0 Å². The Morgan fingerprint density at radius 3 is 2.60 bits per heavy atom. The minimum atomic E-state index is -0.0435. The molecule has 138 valence electrons. The number of hydrogen-bond acceptors (Lipinski definition) is 5. The van der Waals surface area contributed by atoms with Gasteiger partial charge in [-0.3, -0.25) is 9.69 Å². The summed E-state index contributed by atoms with van der Waals surface area (Å²) in [5.74, 6) is 0.561. The van der Waals surface area contributed by atoms with Gasteiger partial charge in [0, 0.05) is 57.4 Å². The topological polar surface area (TPSA) is 62.8 Å². The van der Waals surface area contributed by atoms with Gasteiger partial charge in [-0.15, -0.1) is 0 Å². The maximum Gasteiger partial charge on any atom is 0.221 e. The van der Waals surface area contributed by atoms with Crippen LogP contribution in [0.2, 0.25) is 0 Å². The van der Waals surface area contributed by atoms with E-state index >= 15 is 0 Å². The minimum Gasteiger partial charge on any atom is -0.381 e. The van der Waals surface area contributed by atoms with E-state index in [1.54, 1.807) is 0 Å². The lowest BCUT2D eigenvalue weighted by molar-refractivity contribution is -0.114. The molecule has 2 atom stereocenters. The summed E-state index contributed by atoms with van der Waals surface area (Å²) in [6, 6.07) is 8.51. The second-order valence-electron chi connectivity index (χ2n) is 6.85. The molecule has 0 spiro atoms. The largest absolute Gasteiger partial charge is 0.381 e. The van der Waals surface area contributed by atoms with Gasteiger partial charge in [-0.2, -0.15) is 0 Å². The number of anilines is 1. The van der Waals surface area contributed by atoms with Gasteiger partial charge in [-0.05, 0) is 24.1 Å². The summed E-state index contributed by atoms with van der Waals surface area (Å²) in [6.07, 6.45) is 1.15. The Kier molecular flexibility index (Phi) is 6.81. The zero-order valence-electron chi connectivity index (χ0n) is 15.0. The molecule has 0 unspecified atom stereocenters. The fourth-order valence-electron chi connectivity index (χ4n) is 3.63. The molecule has 2 N–H and O–H groups in total. The minimum absolute atomic E-state index is 0.0435. The van der Waals surface area contributed by atoms with E-state index in [0.29, 0.717) is 12.0 Å². The number of nitrogens with zero attached hydrogens (tertiary/aromatic N) is 1. The quantitative estimate of drug-likeness (QED) is 0.782. The molecule has 2 heterocycles. The molecule has 1 aromatic carbocycles. The number of carbonyl (C=O) groups excluding carboxylic acids is 1. The second-order valence-corrected chi connectivity index (χ2v) is 6.85. The first-order chi connectivity index (χ1) is 12.2. The molecule has 25 heavy (non-hydrogen) atoms. The van der Waals surface area contributed by atoms with Crippen LogP contribution in [0.4, 0.5) is 5.69 Å². The van der Waals surface area contributed by atoms with Gasteiger partial charge in [0.1, 0.15) is 0 Å². The molecule has 0 aromatic heterocycles. The van der Waals surface area contributed by atoms with Crippen molar-refractivity contribution >= 4 is 11.6 Å². The van der Waals surface area contributed by atoms with Gasteiger partial charge in [-0.1, -0.05) is 12.1 Å². The summed E-state index contributed by atoms with van der Waals surface area (Å²) >= 11 is 0. The molecule has 0 aliphatic carbocycles. The molecule has 1 amide bonds. The number of benzene rings is 1. The van der Waals surface area contributed by atoms with Gasteiger partial charge in [0.05, 0.1) is 19.8 Å². The maximum atomic E-state index is 11.1. The van der Waals surface area contributed by atoms with E-state index in [1.165, 1.54) is 12.5 Å². The summed E-state index contributed by atoms with van der Waals surface area (Å²) in [5, 5.41) is 6.41. The summed E-state index contributed by atoms with van der Waals surface area (Å²) in [4.78, 5) is 13.6. The summed E-state index contributed by atoms with van der Waals surface area (Å²) in [5.41, 5.74) is 2.06. The number of rotatable bonds is 7.